The molecule has 0 radical (unpaired) electrons. The summed E-state index contributed by atoms with van der Waals surface area (Å²) in [6.07, 6.45) is 11.1. The van der Waals surface area contributed by atoms with Crippen LogP contribution in [0.3, 0.4) is 0 Å². The lowest BCUT2D eigenvalue weighted by Gasteiger charge is -2.26. The number of hydrogen-bond donors (Lipinski definition) is 1. The molecule has 1 atom stereocenters. The van der Waals surface area contributed by atoms with E-state index in [1.54, 1.807) is 6.20 Å². The van der Waals surface area contributed by atoms with Crippen LogP contribution in [0.2, 0.25) is 0 Å². The molecular formula is C17H30N4. The Morgan fingerprint density at radius 3 is 2.90 bits per heavy atom. The Hall–Kier alpha value is -1.42. The van der Waals surface area contributed by atoms with E-state index < -0.39 is 0 Å². The normalized spacial score (nSPS) is 17.5. The fraction of sp³-hybridized carbons (Fsp3) is 0.647. The first-order valence-electron chi connectivity index (χ1n) is 8.10. The third-order valence-electron chi connectivity index (χ3n) is 3.76. The van der Waals surface area contributed by atoms with Crippen LogP contribution in [0.15, 0.2) is 33.9 Å². The summed E-state index contributed by atoms with van der Waals surface area (Å²) < 4.78 is 0. The van der Waals surface area contributed by atoms with Crippen LogP contribution in [-0.4, -0.2) is 49.0 Å². The minimum absolute atomic E-state index is 0.459. The van der Waals surface area contributed by atoms with Crippen molar-refractivity contribution in [3.63, 3.8) is 0 Å². The molecule has 0 spiro atoms. The van der Waals surface area contributed by atoms with Crippen LogP contribution in [0, 0.1) is 0 Å². The minimum Gasteiger partial charge on any atom is -0.404 e. The van der Waals surface area contributed by atoms with Crippen molar-refractivity contribution in [3.8, 4) is 0 Å². The predicted octanol–water partition coefficient (Wildman–Crippen LogP) is 2.81. The molecule has 0 saturated carbocycles. The van der Waals surface area contributed by atoms with Crippen molar-refractivity contribution in [1.82, 2.24) is 4.90 Å². The molecule has 2 N–H and O–H groups in total. The number of rotatable bonds is 9. The maximum Gasteiger partial charge on any atom is 0.0673 e. The predicted molar refractivity (Wildman–Crippen MR) is 93.3 cm³/mol. The van der Waals surface area contributed by atoms with Crippen LogP contribution >= 0.6 is 0 Å². The lowest BCUT2D eigenvalue weighted by Crippen LogP contribution is -2.35. The highest BCUT2D eigenvalue weighted by molar-refractivity contribution is 6.21. The summed E-state index contributed by atoms with van der Waals surface area (Å²) in [5.41, 5.74) is 7.55. The Balaban J connectivity index is 2.51. The summed E-state index contributed by atoms with van der Waals surface area (Å²) in [4.78, 5) is 11.5. The number of dihydropyridines is 1. The molecule has 118 valence electrons. The molecule has 0 aliphatic carbocycles. The molecule has 0 aromatic carbocycles. The van der Waals surface area contributed by atoms with Crippen LogP contribution in [0.5, 0.6) is 0 Å². The second kappa shape index (κ2) is 10.3. The maximum atomic E-state index is 5.69. The van der Waals surface area contributed by atoms with Gasteiger partial charge in [0.2, 0.25) is 0 Å². The molecule has 0 bridgehead atoms. The Morgan fingerprint density at radius 2 is 2.33 bits per heavy atom. The molecule has 0 unspecified atom stereocenters. The summed E-state index contributed by atoms with van der Waals surface area (Å²) in [6.45, 7) is 10.5. The smallest absolute Gasteiger partial charge is 0.0673 e. The van der Waals surface area contributed by atoms with Gasteiger partial charge in [0.05, 0.1) is 12.3 Å². The van der Waals surface area contributed by atoms with Crippen molar-refractivity contribution in [2.75, 3.05) is 26.2 Å². The average Bonchev–Trinajstić information content (AvgIpc) is 2.53. The molecule has 0 amide bonds. The standard InChI is InChI=1S/C17H30N4/c1-4-6-11-21(5-2)15(3)13-19-14-16(12-18)17-9-7-8-10-20-17/h7,9,12,14-15H,4-6,8,10-11,13,18H2,1-3H3/b16-12+,19-14?/t15-/m0/s1. The summed E-state index contributed by atoms with van der Waals surface area (Å²) in [5, 5.41) is 0. The van der Waals surface area contributed by atoms with Gasteiger partial charge in [0, 0.05) is 30.6 Å². The van der Waals surface area contributed by atoms with E-state index in [2.05, 4.69) is 41.7 Å². The van der Waals surface area contributed by atoms with E-state index in [0.717, 1.165) is 43.9 Å². The highest BCUT2D eigenvalue weighted by Gasteiger charge is 2.10. The third kappa shape index (κ3) is 6.25. The molecule has 1 aliphatic rings. The van der Waals surface area contributed by atoms with Crippen molar-refractivity contribution in [2.24, 2.45) is 15.7 Å². The van der Waals surface area contributed by atoms with E-state index in [9.17, 15) is 0 Å². The Morgan fingerprint density at radius 1 is 1.52 bits per heavy atom. The molecular weight excluding hydrogens is 260 g/mol. The Bertz CT molecular complexity index is 407. The number of aliphatic imine (C=N–C) groups is 2. The number of allylic oxidation sites excluding steroid dienone is 2. The first-order valence-corrected chi connectivity index (χ1v) is 8.10. The summed E-state index contributed by atoms with van der Waals surface area (Å²) in [6, 6.07) is 0.459. The Labute approximate surface area is 129 Å². The zero-order chi connectivity index (χ0) is 15.5. The first kappa shape index (κ1) is 17.6. The molecule has 21 heavy (non-hydrogen) atoms. The molecule has 1 heterocycles. The van der Waals surface area contributed by atoms with Gasteiger partial charge >= 0.3 is 0 Å². The van der Waals surface area contributed by atoms with Gasteiger partial charge in [-0.3, -0.25) is 14.9 Å². The highest BCUT2D eigenvalue weighted by Crippen LogP contribution is 2.05. The van der Waals surface area contributed by atoms with E-state index in [1.807, 2.05) is 12.3 Å². The van der Waals surface area contributed by atoms with Gasteiger partial charge in [-0.25, -0.2) is 0 Å². The molecule has 0 fully saturated rings. The molecule has 1 rings (SSSR count). The fourth-order valence-electron chi connectivity index (χ4n) is 2.36. The van der Waals surface area contributed by atoms with Crippen LogP contribution in [0.25, 0.3) is 0 Å². The van der Waals surface area contributed by atoms with Gasteiger partial charge in [-0.05, 0) is 38.9 Å². The van der Waals surface area contributed by atoms with Crippen molar-refractivity contribution < 1.29 is 0 Å². The van der Waals surface area contributed by atoms with Gasteiger partial charge in [-0.2, -0.15) is 0 Å². The fourth-order valence-corrected chi connectivity index (χ4v) is 2.36. The molecule has 0 saturated heterocycles. The number of likely N-dealkylation sites (N-methyl/N-ethyl adjacent to an activating group) is 1. The lowest BCUT2D eigenvalue weighted by molar-refractivity contribution is 0.221. The van der Waals surface area contributed by atoms with Gasteiger partial charge in [-0.1, -0.05) is 26.3 Å². The highest BCUT2D eigenvalue weighted by atomic mass is 15.2. The van der Waals surface area contributed by atoms with E-state index in [4.69, 9.17) is 5.73 Å². The largest absolute Gasteiger partial charge is 0.404 e. The lowest BCUT2D eigenvalue weighted by atomic mass is 10.1. The molecule has 1 aliphatic heterocycles. The van der Waals surface area contributed by atoms with Crippen molar-refractivity contribution in [2.45, 2.75) is 46.1 Å². The second-order valence-corrected chi connectivity index (χ2v) is 5.41. The second-order valence-electron chi connectivity index (χ2n) is 5.41. The quantitative estimate of drug-likeness (QED) is 0.664. The summed E-state index contributed by atoms with van der Waals surface area (Å²) in [7, 11) is 0. The topological polar surface area (TPSA) is 54.0 Å². The minimum atomic E-state index is 0.459. The van der Waals surface area contributed by atoms with Crippen molar-refractivity contribution in [1.29, 1.82) is 0 Å². The van der Waals surface area contributed by atoms with E-state index >= 15 is 0 Å². The van der Waals surface area contributed by atoms with Crippen LogP contribution in [-0.2, 0) is 0 Å². The van der Waals surface area contributed by atoms with Crippen molar-refractivity contribution >= 4 is 11.9 Å². The third-order valence-corrected chi connectivity index (χ3v) is 3.76. The van der Waals surface area contributed by atoms with Gasteiger partial charge in [0.15, 0.2) is 0 Å². The first-order chi connectivity index (χ1) is 10.2. The number of nitrogens with two attached hydrogens (primary N) is 1. The average molecular weight is 290 g/mol. The van der Waals surface area contributed by atoms with Gasteiger partial charge in [-0.15, -0.1) is 0 Å². The Kier molecular flexibility index (Phi) is 8.67. The van der Waals surface area contributed by atoms with Gasteiger partial charge in [0.1, 0.15) is 0 Å². The molecule has 0 aromatic heterocycles. The zero-order valence-electron chi connectivity index (χ0n) is 13.8. The molecule has 0 aromatic rings. The molecule has 4 heteroatoms. The van der Waals surface area contributed by atoms with Crippen LogP contribution in [0.4, 0.5) is 0 Å². The number of hydrogen-bond acceptors (Lipinski definition) is 4. The maximum absolute atomic E-state index is 5.69. The van der Waals surface area contributed by atoms with Gasteiger partial charge in [0.25, 0.3) is 0 Å². The van der Waals surface area contributed by atoms with E-state index in [0.29, 0.717) is 6.04 Å². The number of unbranched alkanes of at least 4 members (excludes halogenated alkanes) is 1. The van der Waals surface area contributed by atoms with Crippen LogP contribution < -0.4 is 5.73 Å². The van der Waals surface area contributed by atoms with Gasteiger partial charge < -0.3 is 5.73 Å². The van der Waals surface area contributed by atoms with Crippen LogP contribution in [0.1, 0.15) is 40.0 Å². The summed E-state index contributed by atoms with van der Waals surface area (Å²) in [5.74, 6) is 0. The van der Waals surface area contributed by atoms with Crippen molar-refractivity contribution in [3.05, 3.63) is 23.9 Å². The summed E-state index contributed by atoms with van der Waals surface area (Å²) >= 11 is 0. The molecule has 4 nitrogen and oxygen atoms in total. The number of nitrogens with zero attached hydrogens (tertiary/aromatic N) is 3. The SMILES string of the molecule is CCCCN(CC)[C@@H](C)CN=C/C(=C\N)C1=NCCC=C1. The van der Waals surface area contributed by atoms with E-state index in [-0.39, 0.29) is 0 Å². The monoisotopic (exact) mass is 290 g/mol. The van der Waals surface area contributed by atoms with E-state index in [1.165, 1.54) is 12.8 Å². The zero-order valence-corrected chi connectivity index (χ0v) is 13.8.